The fourth-order valence-corrected chi connectivity index (χ4v) is 3.18. The molecule has 128 valence electrons. The van der Waals surface area contributed by atoms with E-state index in [0.29, 0.717) is 18.3 Å². The van der Waals surface area contributed by atoms with E-state index < -0.39 is 11.7 Å². The van der Waals surface area contributed by atoms with Crippen LogP contribution in [-0.4, -0.2) is 6.18 Å². The lowest BCUT2D eigenvalue weighted by Gasteiger charge is -2.15. The lowest BCUT2D eigenvalue weighted by molar-refractivity contribution is -0.0883. The number of allylic oxidation sites excluding steroid dienone is 4. The first kappa shape index (κ1) is 19.3. The van der Waals surface area contributed by atoms with Gasteiger partial charge in [0.15, 0.2) is 0 Å². The summed E-state index contributed by atoms with van der Waals surface area (Å²) >= 11 is 0. The van der Waals surface area contributed by atoms with Gasteiger partial charge in [-0.15, -0.1) is 0 Å². The molecule has 0 spiro atoms. The molecule has 0 amide bonds. The maximum Gasteiger partial charge on any atom is 0.416 e. The smallest absolute Gasteiger partial charge is 0.166 e. The topological polar surface area (TPSA) is 0 Å². The van der Waals surface area contributed by atoms with Crippen LogP contribution in [0.5, 0.6) is 0 Å². The van der Waals surface area contributed by atoms with E-state index in [1.807, 2.05) is 0 Å². The third kappa shape index (κ3) is 8.05. The molecule has 2 aliphatic carbocycles. The molecule has 0 bridgehead atoms. The third-order valence-corrected chi connectivity index (χ3v) is 4.44. The first-order chi connectivity index (χ1) is 10.3. The summed E-state index contributed by atoms with van der Waals surface area (Å²) in [6.45, 7) is 6.55. The highest BCUT2D eigenvalue weighted by Gasteiger charge is 2.32. The van der Waals surface area contributed by atoms with Crippen molar-refractivity contribution in [2.75, 3.05) is 0 Å². The number of hydrogen-bond donors (Lipinski definition) is 0. The Kier molecular flexibility index (Phi) is 8.27. The molecule has 22 heavy (non-hydrogen) atoms. The monoisotopic (exact) mass is 316 g/mol. The van der Waals surface area contributed by atoms with Gasteiger partial charge in [-0.25, -0.2) is 0 Å². The Balaban J connectivity index is 0.000000287. The summed E-state index contributed by atoms with van der Waals surface area (Å²) in [5.74, 6) is 1.86. The standard InChI is InChI=1S/C12H17F3.C7H14/c1-9(2)8-10-4-3-5-11(7-6-10)12(13,14)15;1-7-5-3-2-4-6-7/h5-7,9-10H,3-4,8H2,1-2H3;7H,2-6H2,1H3. The van der Waals surface area contributed by atoms with Crippen molar-refractivity contribution in [3.8, 4) is 0 Å². The highest BCUT2D eigenvalue weighted by Crippen LogP contribution is 2.31. The minimum Gasteiger partial charge on any atom is -0.166 e. The molecule has 2 rings (SSSR count). The van der Waals surface area contributed by atoms with Gasteiger partial charge in [-0.05, 0) is 37.0 Å². The molecule has 0 heterocycles. The molecule has 2 aliphatic rings. The second-order valence-corrected chi connectivity index (χ2v) is 7.23. The third-order valence-electron chi connectivity index (χ3n) is 4.44. The van der Waals surface area contributed by atoms with Crippen molar-refractivity contribution in [2.24, 2.45) is 17.8 Å². The normalized spacial score (nSPS) is 23.6. The van der Waals surface area contributed by atoms with Crippen LogP contribution in [-0.2, 0) is 0 Å². The van der Waals surface area contributed by atoms with Gasteiger partial charge in [0.1, 0.15) is 0 Å². The van der Waals surface area contributed by atoms with Gasteiger partial charge < -0.3 is 0 Å². The molecule has 0 nitrogen and oxygen atoms in total. The van der Waals surface area contributed by atoms with Crippen LogP contribution in [0.25, 0.3) is 0 Å². The van der Waals surface area contributed by atoms with E-state index in [4.69, 9.17) is 0 Å². The summed E-state index contributed by atoms with van der Waals surface area (Å²) in [5.41, 5.74) is -0.492. The van der Waals surface area contributed by atoms with Crippen molar-refractivity contribution >= 4 is 0 Å². The predicted molar refractivity (Wildman–Crippen MR) is 87.7 cm³/mol. The Hall–Kier alpha value is -0.730. The molecule has 1 fully saturated rings. The van der Waals surface area contributed by atoms with Gasteiger partial charge in [0.25, 0.3) is 0 Å². The maximum absolute atomic E-state index is 12.4. The van der Waals surface area contributed by atoms with Gasteiger partial charge in [-0.3, -0.25) is 0 Å². The van der Waals surface area contributed by atoms with Crippen LogP contribution in [0.3, 0.4) is 0 Å². The number of alkyl halides is 3. The lowest BCUT2D eigenvalue weighted by Crippen LogP contribution is -2.09. The van der Waals surface area contributed by atoms with E-state index in [9.17, 15) is 13.2 Å². The van der Waals surface area contributed by atoms with Gasteiger partial charge in [0, 0.05) is 0 Å². The van der Waals surface area contributed by atoms with E-state index in [1.54, 1.807) is 6.08 Å². The Morgan fingerprint density at radius 2 is 1.73 bits per heavy atom. The van der Waals surface area contributed by atoms with Gasteiger partial charge in [-0.2, -0.15) is 13.2 Å². The molecule has 0 aliphatic heterocycles. The lowest BCUT2D eigenvalue weighted by atomic mass is 9.91. The predicted octanol–water partition coefficient (Wildman–Crippen LogP) is 7.07. The average molecular weight is 316 g/mol. The second kappa shape index (κ2) is 9.42. The molecular formula is C19H31F3. The fourth-order valence-electron chi connectivity index (χ4n) is 3.18. The van der Waals surface area contributed by atoms with E-state index in [-0.39, 0.29) is 0 Å². The number of rotatable bonds is 2. The second-order valence-electron chi connectivity index (χ2n) is 7.23. The van der Waals surface area contributed by atoms with Gasteiger partial charge >= 0.3 is 6.18 Å². The van der Waals surface area contributed by atoms with Crippen molar-refractivity contribution in [3.05, 3.63) is 23.8 Å². The van der Waals surface area contributed by atoms with Crippen molar-refractivity contribution < 1.29 is 13.2 Å². The summed E-state index contributed by atoms with van der Waals surface area (Å²) in [4.78, 5) is 0. The summed E-state index contributed by atoms with van der Waals surface area (Å²) in [6.07, 6.45) is 9.82. The van der Waals surface area contributed by atoms with Crippen molar-refractivity contribution in [1.82, 2.24) is 0 Å². The highest BCUT2D eigenvalue weighted by atomic mass is 19.4. The molecule has 0 aromatic rings. The SMILES string of the molecule is CC(C)CC1C=CC(C(F)(F)F)=CCC1.CC1CCCCC1. The zero-order valence-electron chi connectivity index (χ0n) is 14.3. The molecule has 0 aromatic heterocycles. The molecular weight excluding hydrogens is 285 g/mol. The Morgan fingerprint density at radius 1 is 1.09 bits per heavy atom. The summed E-state index contributed by atoms with van der Waals surface area (Å²) in [5, 5.41) is 0. The molecule has 0 aromatic carbocycles. The molecule has 0 saturated heterocycles. The van der Waals surface area contributed by atoms with Crippen LogP contribution >= 0.6 is 0 Å². The average Bonchev–Trinajstić information content (AvgIpc) is 2.65. The van der Waals surface area contributed by atoms with E-state index in [1.165, 1.54) is 44.3 Å². The highest BCUT2D eigenvalue weighted by molar-refractivity contribution is 5.25. The first-order valence-corrected chi connectivity index (χ1v) is 8.74. The van der Waals surface area contributed by atoms with E-state index in [0.717, 1.165) is 18.8 Å². The maximum atomic E-state index is 12.4. The van der Waals surface area contributed by atoms with Crippen LogP contribution in [0.4, 0.5) is 13.2 Å². The van der Waals surface area contributed by atoms with Crippen molar-refractivity contribution in [1.29, 1.82) is 0 Å². The number of hydrogen-bond acceptors (Lipinski definition) is 0. The zero-order chi connectivity index (χ0) is 16.6. The van der Waals surface area contributed by atoms with E-state index >= 15 is 0 Å². The summed E-state index contributed by atoms with van der Waals surface area (Å²) in [6, 6.07) is 0. The van der Waals surface area contributed by atoms with Crippen LogP contribution in [0.15, 0.2) is 23.8 Å². The quantitative estimate of drug-likeness (QED) is 0.511. The Labute approximate surface area is 133 Å². The summed E-state index contributed by atoms with van der Waals surface area (Å²) < 4.78 is 37.2. The van der Waals surface area contributed by atoms with Crippen LogP contribution in [0.2, 0.25) is 0 Å². The summed E-state index contributed by atoms with van der Waals surface area (Å²) in [7, 11) is 0. The molecule has 1 unspecified atom stereocenters. The van der Waals surface area contributed by atoms with Gasteiger partial charge in [0.05, 0.1) is 5.57 Å². The molecule has 3 heteroatoms. The van der Waals surface area contributed by atoms with Crippen LogP contribution in [0, 0.1) is 17.8 Å². The molecule has 0 N–H and O–H groups in total. The molecule has 1 saturated carbocycles. The number of halogens is 3. The van der Waals surface area contributed by atoms with E-state index in [2.05, 4.69) is 20.8 Å². The van der Waals surface area contributed by atoms with Crippen LogP contribution < -0.4 is 0 Å². The fraction of sp³-hybridized carbons (Fsp3) is 0.789. The van der Waals surface area contributed by atoms with Crippen molar-refractivity contribution in [2.45, 2.75) is 78.3 Å². The largest absolute Gasteiger partial charge is 0.416 e. The minimum absolute atomic E-state index is 0.293. The zero-order valence-corrected chi connectivity index (χ0v) is 14.3. The molecule has 0 radical (unpaired) electrons. The molecule has 1 atom stereocenters. The first-order valence-electron chi connectivity index (χ1n) is 8.74. The Bertz CT molecular complexity index is 357. The van der Waals surface area contributed by atoms with Gasteiger partial charge in [0.2, 0.25) is 0 Å². The van der Waals surface area contributed by atoms with Crippen molar-refractivity contribution in [3.63, 3.8) is 0 Å². The van der Waals surface area contributed by atoms with Crippen LogP contribution in [0.1, 0.15) is 72.1 Å². The van der Waals surface area contributed by atoms with Gasteiger partial charge in [-0.1, -0.05) is 71.1 Å². The Morgan fingerprint density at radius 3 is 2.18 bits per heavy atom. The minimum atomic E-state index is -4.19.